The summed E-state index contributed by atoms with van der Waals surface area (Å²) in [5, 5.41) is 0. The van der Waals surface area contributed by atoms with Gasteiger partial charge in [0.2, 0.25) is 0 Å². The van der Waals surface area contributed by atoms with Crippen LogP contribution in [0.25, 0.3) is 0 Å². The van der Waals surface area contributed by atoms with Crippen LogP contribution in [0.2, 0.25) is 0 Å². The van der Waals surface area contributed by atoms with Crippen LogP contribution in [-0.4, -0.2) is 43.7 Å². The van der Waals surface area contributed by atoms with Crippen molar-refractivity contribution >= 4 is 0 Å². The number of benzene rings is 1. The lowest BCUT2D eigenvalue weighted by Crippen LogP contribution is -2.62. The molecule has 0 aromatic heterocycles. The molecule has 0 N–H and O–H groups in total. The Balaban J connectivity index is 1.50. The van der Waals surface area contributed by atoms with Gasteiger partial charge in [-0.3, -0.25) is 0 Å². The highest BCUT2D eigenvalue weighted by Crippen LogP contribution is 2.36. The summed E-state index contributed by atoms with van der Waals surface area (Å²) in [6, 6.07) is 10.3. The Morgan fingerprint density at radius 3 is 2.18 bits per heavy atom. The first kappa shape index (κ1) is 14.6. The molecule has 0 bridgehead atoms. The molecule has 4 heteroatoms. The maximum atomic E-state index is 6.28. The molecule has 3 fully saturated rings. The number of hydrogen-bond acceptors (Lipinski definition) is 4. The van der Waals surface area contributed by atoms with E-state index in [1.165, 1.54) is 5.56 Å². The molecule has 3 heterocycles. The van der Waals surface area contributed by atoms with Gasteiger partial charge in [-0.2, -0.15) is 0 Å². The fraction of sp³-hybridized carbons (Fsp3) is 0.667. The number of fused-ring (bicyclic) bond motifs is 2. The molecule has 3 aliphatic rings. The summed E-state index contributed by atoms with van der Waals surface area (Å²) in [6.45, 7) is 2.20. The lowest BCUT2D eigenvalue weighted by Gasteiger charge is -2.49. The molecule has 3 aliphatic heterocycles. The fourth-order valence-electron chi connectivity index (χ4n) is 3.82. The van der Waals surface area contributed by atoms with E-state index in [4.69, 9.17) is 18.9 Å². The molecule has 4 nitrogen and oxygen atoms in total. The van der Waals surface area contributed by atoms with Gasteiger partial charge in [-0.15, -0.1) is 0 Å². The van der Waals surface area contributed by atoms with E-state index in [0.717, 1.165) is 38.9 Å². The van der Waals surface area contributed by atoms with Crippen LogP contribution in [0.1, 0.15) is 31.2 Å². The van der Waals surface area contributed by atoms with Crippen molar-refractivity contribution in [1.29, 1.82) is 0 Å². The standard InChI is InChI=1S/C18H24O4/c1-2-6-13(7-3-1)12-21-18-16-14(8-4-10-19-16)22-15-9-5-11-20-17(15)18/h1-3,6-7,14-18H,4-5,8-12H2/t14-,15+,16-,17-,18?/m0/s1. The van der Waals surface area contributed by atoms with E-state index in [9.17, 15) is 0 Å². The van der Waals surface area contributed by atoms with Crippen molar-refractivity contribution in [2.75, 3.05) is 13.2 Å². The van der Waals surface area contributed by atoms with Gasteiger partial charge in [-0.1, -0.05) is 30.3 Å². The quantitative estimate of drug-likeness (QED) is 0.860. The molecule has 0 amide bonds. The third-order valence-electron chi connectivity index (χ3n) is 4.90. The Bertz CT molecular complexity index is 455. The van der Waals surface area contributed by atoms with E-state index in [2.05, 4.69) is 12.1 Å². The van der Waals surface area contributed by atoms with Crippen LogP contribution in [0.15, 0.2) is 30.3 Å². The molecule has 1 aromatic rings. The first-order valence-corrected chi connectivity index (χ1v) is 8.46. The molecule has 3 saturated heterocycles. The smallest absolute Gasteiger partial charge is 0.115 e. The summed E-state index contributed by atoms with van der Waals surface area (Å²) in [5.41, 5.74) is 1.19. The minimum absolute atomic E-state index is 0.0109. The number of rotatable bonds is 3. The molecule has 22 heavy (non-hydrogen) atoms. The van der Waals surface area contributed by atoms with Crippen LogP contribution < -0.4 is 0 Å². The zero-order chi connectivity index (χ0) is 14.8. The Labute approximate surface area is 131 Å². The summed E-state index contributed by atoms with van der Waals surface area (Å²) in [6.07, 6.45) is 4.61. The molecule has 0 radical (unpaired) electrons. The molecule has 1 unspecified atom stereocenters. The Hall–Kier alpha value is -0.940. The van der Waals surface area contributed by atoms with Gasteiger partial charge in [-0.05, 0) is 31.2 Å². The molecule has 4 rings (SSSR count). The van der Waals surface area contributed by atoms with Crippen molar-refractivity contribution < 1.29 is 18.9 Å². The molecular formula is C18H24O4. The lowest BCUT2D eigenvalue weighted by molar-refractivity contribution is -0.282. The second-order valence-electron chi connectivity index (χ2n) is 6.43. The third-order valence-corrected chi connectivity index (χ3v) is 4.90. The van der Waals surface area contributed by atoms with Crippen molar-refractivity contribution in [3.8, 4) is 0 Å². The van der Waals surface area contributed by atoms with Crippen LogP contribution in [0, 0.1) is 0 Å². The van der Waals surface area contributed by atoms with Gasteiger partial charge in [0.25, 0.3) is 0 Å². The second-order valence-corrected chi connectivity index (χ2v) is 6.43. The highest BCUT2D eigenvalue weighted by atomic mass is 16.6. The van der Waals surface area contributed by atoms with Crippen LogP contribution in [0.3, 0.4) is 0 Å². The Morgan fingerprint density at radius 1 is 0.909 bits per heavy atom. The van der Waals surface area contributed by atoms with E-state index in [1.54, 1.807) is 0 Å². The monoisotopic (exact) mass is 304 g/mol. The average molecular weight is 304 g/mol. The highest BCUT2D eigenvalue weighted by Gasteiger charge is 2.49. The first-order chi connectivity index (χ1) is 10.9. The van der Waals surface area contributed by atoms with Crippen LogP contribution >= 0.6 is 0 Å². The predicted octanol–water partition coefficient (Wildman–Crippen LogP) is 2.70. The second kappa shape index (κ2) is 6.67. The minimum Gasteiger partial charge on any atom is -0.373 e. The molecule has 120 valence electrons. The summed E-state index contributed by atoms with van der Waals surface area (Å²) in [7, 11) is 0. The summed E-state index contributed by atoms with van der Waals surface area (Å²) >= 11 is 0. The largest absolute Gasteiger partial charge is 0.373 e. The van der Waals surface area contributed by atoms with E-state index in [1.807, 2.05) is 18.2 Å². The van der Waals surface area contributed by atoms with Crippen molar-refractivity contribution in [2.24, 2.45) is 0 Å². The lowest BCUT2D eigenvalue weighted by atomic mass is 9.88. The maximum Gasteiger partial charge on any atom is 0.115 e. The SMILES string of the molecule is c1ccc(COC2[C@H]3OCCC[C@@H]3O[C@@H]3CCCO[C@H]23)cc1. The zero-order valence-corrected chi connectivity index (χ0v) is 12.9. The molecule has 0 saturated carbocycles. The van der Waals surface area contributed by atoms with Gasteiger partial charge in [0, 0.05) is 13.2 Å². The van der Waals surface area contributed by atoms with Gasteiger partial charge < -0.3 is 18.9 Å². The predicted molar refractivity (Wildman–Crippen MR) is 81.6 cm³/mol. The van der Waals surface area contributed by atoms with Crippen LogP contribution in [0.5, 0.6) is 0 Å². The number of hydrogen-bond donors (Lipinski definition) is 0. The Morgan fingerprint density at radius 2 is 1.55 bits per heavy atom. The van der Waals surface area contributed by atoms with Crippen LogP contribution in [0.4, 0.5) is 0 Å². The van der Waals surface area contributed by atoms with E-state index >= 15 is 0 Å². The number of ether oxygens (including phenoxy) is 4. The van der Waals surface area contributed by atoms with Gasteiger partial charge in [0.1, 0.15) is 18.3 Å². The average Bonchev–Trinajstić information content (AvgIpc) is 2.59. The molecule has 1 aromatic carbocycles. The van der Waals surface area contributed by atoms with Crippen molar-refractivity contribution in [3.05, 3.63) is 35.9 Å². The van der Waals surface area contributed by atoms with E-state index < -0.39 is 0 Å². The highest BCUT2D eigenvalue weighted by molar-refractivity contribution is 5.13. The fourth-order valence-corrected chi connectivity index (χ4v) is 3.82. The van der Waals surface area contributed by atoms with E-state index in [0.29, 0.717) is 6.61 Å². The summed E-state index contributed by atoms with van der Waals surface area (Å²) in [5.74, 6) is 0. The molecule has 5 atom stereocenters. The summed E-state index contributed by atoms with van der Waals surface area (Å²) < 4.78 is 24.5. The van der Waals surface area contributed by atoms with Gasteiger partial charge in [0.15, 0.2) is 0 Å². The van der Waals surface area contributed by atoms with Gasteiger partial charge in [0.05, 0.1) is 18.8 Å². The van der Waals surface area contributed by atoms with Crippen molar-refractivity contribution in [1.82, 2.24) is 0 Å². The Kier molecular flexibility index (Phi) is 4.44. The van der Waals surface area contributed by atoms with Gasteiger partial charge in [-0.25, -0.2) is 0 Å². The first-order valence-electron chi connectivity index (χ1n) is 8.46. The molecular weight excluding hydrogens is 280 g/mol. The topological polar surface area (TPSA) is 36.9 Å². The van der Waals surface area contributed by atoms with Crippen molar-refractivity contribution in [2.45, 2.75) is 62.8 Å². The summed E-state index contributed by atoms with van der Waals surface area (Å²) in [4.78, 5) is 0. The zero-order valence-electron chi connectivity index (χ0n) is 12.9. The van der Waals surface area contributed by atoms with Gasteiger partial charge >= 0.3 is 0 Å². The third kappa shape index (κ3) is 2.93. The normalized spacial score (nSPS) is 38.1. The van der Waals surface area contributed by atoms with Crippen molar-refractivity contribution in [3.63, 3.8) is 0 Å². The molecule has 0 aliphatic carbocycles. The molecule has 0 spiro atoms. The van der Waals surface area contributed by atoms with E-state index in [-0.39, 0.29) is 30.5 Å². The maximum absolute atomic E-state index is 6.28. The minimum atomic E-state index is -0.0236. The van der Waals surface area contributed by atoms with Crippen LogP contribution in [-0.2, 0) is 25.6 Å².